The van der Waals surface area contributed by atoms with E-state index in [-0.39, 0.29) is 13.2 Å². The molecule has 0 saturated carbocycles. The lowest BCUT2D eigenvalue weighted by molar-refractivity contribution is 0.279. The predicted molar refractivity (Wildman–Crippen MR) is 79.0 cm³/mol. The fraction of sp³-hybridized carbons (Fsp3) is 0.333. The molecule has 2 rings (SSSR count). The highest BCUT2D eigenvalue weighted by Gasteiger charge is 2.08. The number of benzene rings is 2. The molecule has 0 radical (unpaired) electrons. The summed E-state index contributed by atoms with van der Waals surface area (Å²) < 4.78 is 26.6. The molecule has 0 heterocycles. The highest BCUT2D eigenvalue weighted by atomic mass is 32.2. The van der Waals surface area contributed by atoms with Crippen LogP contribution in [0.25, 0.3) is 10.8 Å². The third-order valence-electron chi connectivity index (χ3n) is 3.18. The molecule has 2 aromatic carbocycles. The zero-order valence-electron chi connectivity index (χ0n) is 11.4. The van der Waals surface area contributed by atoms with Gasteiger partial charge in [-0.1, -0.05) is 36.4 Å². The smallest absolute Gasteiger partial charge is 0.264 e. The Morgan fingerprint density at radius 3 is 2.60 bits per heavy atom. The molecular formula is C15H18O4S. The van der Waals surface area contributed by atoms with Crippen molar-refractivity contribution in [3.8, 4) is 0 Å². The van der Waals surface area contributed by atoms with Gasteiger partial charge in [0.2, 0.25) is 0 Å². The van der Waals surface area contributed by atoms with Crippen LogP contribution in [-0.4, -0.2) is 26.4 Å². The molecule has 0 unspecified atom stereocenters. The summed E-state index contributed by atoms with van der Waals surface area (Å²) >= 11 is 0. The van der Waals surface area contributed by atoms with Crippen LogP contribution in [0.2, 0.25) is 0 Å². The van der Waals surface area contributed by atoms with E-state index in [0.717, 1.165) is 28.2 Å². The van der Waals surface area contributed by atoms with Gasteiger partial charge in [0.05, 0.1) is 19.5 Å². The Balaban J connectivity index is 2.19. The normalized spacial score (nSPS) is 11.9. The first-order valence-corrected chi connectivity index (χ1v) is 8.27. The minimum absolute atomic E-state index is 0.0207. The quantitative estimate of drug-likeness (QED) is 0.655. The van der Waals surface area contributed by atoms with Crippen molar-refractivity contribution in [2.45, 2.75) is 19.4 Å². The van der Waals surface area contributed by atoms with Crippen molar-refractivity contribution in [1.29, 1.82) is 0 Å². The van der Waals surface area contributed by atoms with E-state index < -0.39 is 10.1 Å². The van der Waals surface area contributed by atoms with Crippen molar-refractivity contribution in [2.24, 2.45) is 0 Å². The molecule has 108 valence electrons. The molecule has 0 aliphatic carbocycles. The summed E-state index contributed by atoms with van der Waals surface area (Å²) in [4.78, 5) is 0. The topological polar surface area (TPSA) is 63.6 Å². The molecule has 0 amide bonds. The molecule has 0 atom stereocenters. The third kappa shape index (κ3) is 3.79. The lowest BCUT2D eigenvalue weighted by atomic mass is 9.96. The Kier molecular flexibility index (Phi) is 4.75. The first kappa shape index (κ1) is 15.0. The van der Waals surface area contributed by atoms with Gasteiger partial charge in [-0.3, -0.25) is 4.18 Å². The first-order valence-electron chi connectivity index (χ1n) is 6.46. The van der Waals surface area contributed by atoms with Crippen molar-refractivity contribution >= 4 is 20.9 Å². The molecule has 0 bridgehead atoms. The number of aliphatic hydroxyl groups is 1. The molecule has 0 aliphatic rings. The van der Waals surface area contributed by atoms with Gasteiger partial charge in [-0.05, 0) is 34.7 Å². The first-order chi connectivity index (χ1) is 9.51. The van der Waals surface area contributed by atoms with Crippen molar-refractivity contribution in [2.75, 3.05) is 12.9 Å². The van der Waals surface area contributed by atoms with Gasteiger partial charge in [0.15, 0.2) is 0 Å². The van der Waals surface area contributed by atoms with Crippen LogP contribution in [0.3, 0.4) is 0 Å². The summed E-state index contributed by atoms with van der Waals surface area (Å²) in [6.07, 6.45) is 2.31. The van der Waals surface area contributed by atoms with Crippen molar-refractivity contribution in [1.82, 2.24) is 0 Å². The van der Waals surface area contributed by atoms with Gasteiger partial charge in [-0.15, -0.1) is 0 Å². The highest BCUT2D eigenvalue weighted by molar-refractivity contribution is 7.85. The van der Waals surface area contributed by atoms with Crippen molar-refractivity contribution in [3.63, 3.8) is 0 Å². The van der Waals surface area contributed by atoms with E-state index in [1.54, 1.807) is 0 Å². The van der Waals surface area contributed by atoms with Crippen LogP contribution in [0.15, 0.2) is 36.4 Å². The monoisotopic (exact) mass is 294 g/mol. The molecule has 2 aromatic rings. The predicted octanol–water partition coefficient (Wildman–Crippen LogP) is 2.24. The standard InChI is InChI=1S/C15H18O4S/c1-20(17,18)19-10-4-7-15-13(11-16)9-8-12-5-2-3-6-14(12)15/h2-3,5-6,8-9,16H,4,7,10-11H2,1H3. The summed E-state index contributed by atoms with van der Waals surface area (Å²) in [5.74, 6) is 0. The van der Waals surface area contributed by atoms with Gasteiger partial charge >= 0.3 is 0 Å². The number of aryl methyl sites for hydroxylation is 1. The lowest BCUT2D eigenvalue weighted by Crippen LogP contribution is -2.06. The van der Waals surface area contributed by atoms with Gasteiger partial charge < -0.3 is 5.11 Å². The summed E-state index contributed by atoms with van der Waals surface area (Å²) in [7, 11) is -3.39. The van der Waals surface area contributed by atoms with Crippen molar-refractivity contribution < 1.29 is 17.7 Å². The lowest BCUT2D eigenvalue weighted by Gasteiger charge is -2.11. The Bertz CT molecular complexity index is 692. The Hall–Kier alpha value is -1.43. The molecule has 1 N–H and O–H groups in total. The van der Waals surface area contributed by atoms with Crippen LogP contribution in [0.4, 0.5) is 0 Å². The maximum atomic E-state index is 10.9. The van der Waals surface area contributed by atoms with Gasteiger partial charge in [-0.25, -0.2) is 0 Å². The van der Waals surface area contributed by atoms with E-state index in [0.29, 0.717) is 12.8 Å². The van der Waals surface area contributed by atoms with Crippen LogP contribution in [0, 0.1) is 0 Å². The number of hydrogen-bond donors (Lipinski definition) is 1. The average molecular weight is 294 g/mol. The van der Waals surface area contributed by atoms with E-state index in [1.165, 1.54) is 0 Å². The SMILES string of the molecule is CS(=O)(=O)OCCCc1c(CO)ccc2ccccc12. The molecule has 0 fully saturated rings. The summed E-state index contributed by atoms with van der Waals surface area (Å²) in [5.41, 5.74) is 1.94. The summed E-state index contributed by atoms with van der Waals surface area (Å²) in [6.45, 7) is 0.139. The van der Waals surface area contributed by atoms with Gasteiger partial charge in [-0.2, -0.15) is 8.42 Å². The van der Waals surface area contributed by atoms with Gasteiger partial charge in [0.25, 0.3) is 10.1 Å². The number of rotatable bonds is 6. The zero-order chi connectivity index (χ0) is 14.6. The van der Waals surface area contributed by atoms with E-state index >= 15 is 0 Å². The largest absolute Gasteiger partial charge is 0.392 e. The van der Waals surface area contributed by atoms with Crippen LogP contribution < -0.4 is 0 Å². The Morgan fingerprint density at radius 1 is 1.15 bits per heavy atom. The molecule has 20 heavy (non-hydrogen) atoms. The van der Waals surface area contributed by atoms with E-state index in [1.807, 2.05) is 36.4 Å². The van der Waals surface area contributed by atoms with E-state index in [9.17, 15) is 13.5 Å². The third-order valence-corrected chi connectivity index (χ3v) is 3.77. The van der Waals surface area contributed by atoms with Gasteiger partial charge in [0.1, 0.15) is 0 Å². The maximum Gasteiger partial charge on any atom is 0.264 e. The fourth-order valence-electron chi connectivity index (χ4n) is 2.28. The molecule has 0 aliphatic heterocycles. The van der Waals surface area contributed by atoms with Crippen LogP contribution in [0.5, 0.6) is 0 Å². The average Bonchev–Trinajstić information content (AvgIpc) is 2.42. The van der Waals surface area contributed by atoms with Crippen LogP contribution in [-0.2, 0) is 27.3 Å². The maximum absolute atomic E-state index is 10.9. The Labute approximate surface area is 119 Å². The van der Waals surface area contributed by atoms with E-state index in [2.05, 4.69) is 0 Å². The number of hydrogen-bond acceptors (Lipinski definition) is 4. The van der Waals surface area contributed by atoms with Crippen LogP contribution in [0.1, 0.15) is 17.5 Å². The summed E-state index contributed by atoms with van der Waals surface area (Å²) in [5, 5.41) is 11.6. The fourth-order valence-corrected chi connectivity index (χ4v) is 2.70. The Morgan fingerprint density at radius 2 is 1.90 bits per heavy atom. The molecule has 4 nitrogen and oxygen atoms in total. The van der Waals surface area contributed by atoms with E-state index in [4.69, 9.17) is 4.18 Å². The van der Waals surface area contributed by atoms with Crippen LogP contribution >= 0.6 is 0 Å². The van der Waals surface area contributed by atoms with Gasteiger partial charge in [0, 0.05) is 0 Å². The molecule has 0 spiro atoms. The molecule has 0 aromatic heterocycles. The second kappa shape index (κ2) is 6.35. The molecule has 5 heteroatoms. The molecular weight excluding hydrogens is 276 g/mol. The second-order valence-electron chi connectivity index (χ2n) is 4.71. The summed E-state index contributed by atoms with van der Waals surface area (Å²) in [6, 6.07) is 11.9. The van der Waals surface area contributed by atoms with Crippen molar-refractivity contribution in [3.05, 3.63) is 47.5 Å². The second-order valence-corrected chi connectivity index (χ2v) is 6.36. The molecule has 0 saturated heterocycles. The minimum atomic E-state index is -3.39. The number of aliphatic hydroxyl groups excluding tert-OH is 1. The number of fused-ring (bicyclic) bond motifs is 1. The minimum Gasteiger partial charge on any atom is -0.392 e. The highest BCUT2D eigenvalue weighted by Crippen LogP contribution is 2.24. The zero-order valence-corrected chi connectivity index (χ0v) is 12.2.